The van der Waals surface area contributed by atoms with Crippen LogP contribution in [0.15, 0.2) is 0 Å². The Bertz CT molecular complexity index is 143. The maximum Gasteiger partial charge on any atom is 0.0211 e. The summed E-state index contributed by atoms with van der Waals surface area (Å²) in [6.07, 6.45) is 1.26. The van der Waals surface area contributed by atoms with Crippen LogP contribution >= 0.6 is 0 Å². The molecule has 0 aromatic heterocycles. The van der Waals surface area contributed by atoms with Crippen LogP contribution in [0.25, 0.3) is 0 Å². The molecule has 0 rings (SSSR count). The highest BCUT2D eigenvalue weighted by Gasteiger charge is 1.77. The van der Waals surface area contributed by atoms with Crippen LogP contribution in [0, 0.1) is 11.8 Å². The molecule has 3 heteroatoms. The smallest absolute Gasteiger partial charge is 0.0211 e. The minimum Gasteiger partial charge on any atom is -0.772 e. The largest absolute Gasteiger partial charge is 0.772 e. The second-order valence-corrected chi connectivity index (χ2v) is 2.48. The van der Waals surface area contributed by atoms with E-state index in [0.29, 0.717) is 6.42 Å². The highest BCUT2D eigenvalue weighted by atomic mass is 32.2. The third kappa shape index (κ3) is 7.67. The molecule has 0 saturated heterocycles. The first kappa shape index (κ1) is 8.67. The van der Waals surface area contributed by atoms with Crippen molar-refractivity contribution in [3.05, 3.63) is 0 Å². The summed E-state index contributed by atoms with van der Waals surface area (Å²) in [7, 11) is 0. The Morgan fingerprint density at radius 2 is 2.22 bits per heavy atom. The molecule has 0 bridgehead atoms. The van der Waals surface area contributed by atoms with Crippen molar-refractivity contribution in [2.75, 3.05) is 5.75 Å². The highest BCUT2D eigenvalue weighted by molar-refractivity contribution is 7.79. The zero-order valence-electron chi connectivity index (χ0n) is 5.35. The fourth-order valence-corrected chi connectivity index (χ4v) is 0.616. The van der Waals surface area contributed by atoms with Crippen molar-refractivity contribution >= 4 is 11.1 Å². The molecule has 0 saturated carbocycles. The summed E-state index contributed by atoms with van der Waals surface area (Å²) >= 11 is -1.92. The van der Waals surface area contributed by atoms with E-state index < -0.39 is 11.1 Å². The summed E-state index contributed by atoms with van der Waals surface area (Å²) in [6.45, 7) is 1.93. The number of hydrogen-bond donors (Lipinski definition) is 0. The van der Waals surface area contributed by atoms with Gasteiger partial charge >= 0.3 is 0 Å². The summed E-state index contributed by atoms with van der Waals surface area (Å²) in [4.78, 5) is 0. The van der Waals surface area contributed by atoms with Crippen molar-refractivity contribution in [3.63, 3.8) is 0 Å². The second-order valence-electron chi connectivity index (χ2n) is 1.46. The van der Waals surface area contributed by atoms with E-state index in [1.807, 2.05) is 6.92 Å². The van der Waals surface area contributed by atoms with Gasteiger partial charge in [0.1, 0.15) is 0 Å². The summed E-state index contributed by atoms with van der Waals surface area (Å²) < 4.78 is 19.8. The fraction of sp³-hybridized carbons (Fsp3) is 0.667. The summed E-state index contributed by atoms with van der Waals surface area (Å²) in [5.74, 6) is 5.66. The standard InChI is InChI=1S/C6H10O2S/c1-2-3-4-5-6-9(7)8/h2,5-6H2,1H3,(H,7,8)/p-1. The molecule has 0 aliphatic carbocycles. The third-order valence-electron chi connectivity index (χ3n) is 0.696. The molecule has 2 nitrogen and oxygen atoms in total. The molecule has 0 aromatic rings. The van der Waals surface area contributed by atoms with Crippen LogP contribution in [-0.2, 0) is 11.1 Å². The van der Waals surface area contributed by atoms with Crippen LogP contribution in [0.1, 0.15) is 19.8 Å². The van der Waals surface area contributed by atoms with E-state index in [9.17, 15) is 8.76 Å². The first-order valence-electron chi connectivity index (χ1n) is 2.79. The van der Waals surface area contributed by atoms with Crippen LogP contribution in [0.3, 0.4) is 0 Å². The maximum absolute atomic E-state index is 9.89. The van der Waals surface area contributed by atoms with Gasteiger partial charge in [0.05, 0.1) is 0 Å². The lowest BCUT2D eigenvalue weighted by molar-refractivity contribution is 0.537. The molecule has 9 heavy (non-hydrogen) atoms. The fourth-order valence-electron chi connectivity index (χ4n) is 0.348. The third-order valence-corrected chi connectivity index (χ3v) is 1.23. The van der Waals surface area contributed by atoms with Crippen LogP contribution in [0.4, 0.5) is 0 Å². The molecule has 0 spiro atoms. The summed E-state index contributed by atoms with van der Waals surface area (Å²) in [5, 5.41) is 0. The van der Waals surface area contributed by atoms with E-state index in [1.165, 1.54) is 0 Å². The average molecular weight is 145 g/mol. The molecule has 0 amide bonds. The quantitative estimate of drug-likeness (QED) is 0.423. The lowest BCUT2D eigenvalue weighted by Crippen LogP contribution is -1.92. The van der Waals surface area contributed by atoms with Gasteiger partial charge in [-0.2, -0.15) is 0 Å². The second kappa shape index (κ2) is 5.80. The predicted octanol–water partition coefficient (Wildman–Crippen LogP) is 0.669. The van der Waals surface area contributed by atoms with Gasteiger partial charge < -0.3 is 4.55 Å². The molecule has 1 atom stereocenters. The van der Waals surface area contributed by atoms with Crippen LogP contribution in [-0.4, -0.2) is 14.5 Å². The van der Waals surface area contributed by atoms with E-state index in [4.69, 9.17) is 0 Å². The lowest BCUT2D eigenvalue weighted by atomic mass is 10.4. The first-order chi connectivity index (χ1) is 4.27. The lowest BCUT2D eigenvalue weighted by Gasteiger charge is -1.97. The van der Waals surface area contributed by atoms with E-state index in [2.05, 4.69) is 11.8 Å². The van der Waals surface area contributed by atoms with Gasteiger partial charge in [-0.15, -0.1) is 11.8 Å². The van der Waals surface area contributed by atoms with Crippen molar-refractivity contribution in [3.8, 4) is 11.8 Å². The van der Waals surface area contributed by atoms with Gasteiger partial charge in [-0.1, -0.05) is 18.0 Å². The molecule has 0 N–H and O–H groups in total. The predicted molar refractivity (Wildman–Crippen MR) is 36.5 cm³/mol. The van der Waals surface area contributed by atoms with Crippen LogP contribution in [0.2, 0.25) is 0 Å². The molecule has 0 aliphatic rings. The molecule has 1 unspecified atom stereocenters. The van der Waals surface area contributed by atoms with E-state index in [1.54, 1.807) is 0 Å². The molecule has 0 radical (unpaired) electrons. The van der Waals surface area contributed by atoms with Gasteiger partial charge in [0, 0.05) is 18.6 Å². The molecule has 52 valence electrons. The Labute approximate surface area is 57.9 Å². The van der Waals surface area contributed by atoms with Gasteiger partial charge in [-0.05, 0) is 0 Å². The normalized spacial score (nSPS) is 11.8. The zero-order chi connectivity index (χ0) is 7.11. The van der Waals surface area contributed by atoms with Crippen molar-refractivity contribution < 1.29 is 8.76 Å². The minimum atomic E-state index is -1.92. The molecular weight excluding hydrogens is 136 g/mol. The van der Waals surface area contributed by atoms with Gasteiger partial charge in [0.2, 0.25) is 0 Å². The van der Waals surface area contributed by atoms with Crippen LogP contribution < -0.4 is 0 Å². The minimum absolute atomic E-state index is 0.160. The van der Waals surface area contributed by atoms with E-state index in [-0.39, 0.29) is 5.75 Å². The van der Waals surface area contributed by atoms with Crippen molar-refractivity contribution in [2.45, 2.75) is 19.8 Å². The highest BCUT2D eigenvalue weighted by Crippen LogP contribution is 1.80. The van der Waals surface area contributed by atoms with Gasteiger partial charge in [0.25, 0.3) is 0 Å². The Morgan fingerprint density at radius 3 is 2.67 bits per heavy atom. The summed E-state index contributed by atoms with van der Waals surface area (Å²) in [6, 6.07) is 0. The molecule has 0 aromatic carbocycles. The monoisotopic (exact) mass is 145 g/mol. The zero-order valence-corrected chi connectivity index (χ0v) is 6.16. The Balaban J connectivity index is 3.19. The molecular formula is C6H9O2S-. The van der Waals surface area contributed by atoms with Gasteiger partial charge in [-0.25, -0.2) is 0 Å². The number of rotatable bonds is 2. The molecule has 0 aliphatic heterocycles. The summed E-state index contributed by atoms with van der Waals surface area (Å²) in [5.41, 5.74) is 0. The molecule has 0 fully saturated rings. The van der Waals surface area contributed by atoms with Gasteiger partial charge in [0.15, 0.2) is 0 Å². The SMILES string of the molecule is CCC#CCCS(=O)[O-]. The molecule has 0 heterocycles. The first-order valence-corrected chi connectivity index (χ1v) is 4.03. The van der Waals surface area contributed by atoms with E-state index in [0.717, 1.165) is 6.42 Å². The Kier molecular flexibility index (Phi) is 5.59. The number of hydrogen-bond acceptors (Lipinski definition) is 2. The van der Waals surface area contributed by atoms with Gasteiger partial charge in [-0.3, -0.25) is 4.21 Å². The van der Waals surface area contributed by atoms with Crippen molar-refractivity contribution in [1.29, 1.82) is 0 Å². The Hall–Kier alpha value is -0.330. The maximum atomic E-state index is 9.89. The van der Waals surface area contributed by atoms with Crippen LogP contribution in [0.5, 0.6) is 0 Å². The topological polar surface area (TPSA) is 40.1 Å². The average Bonchev–Trinajstić information content (AvgIpc) is 1.80. The Morgan fingerprint density at radius 1 is 1.56 bits per heavy atom. The van der Waals surface area contributed by atoms with Crippen molar-refractivity contribution in [1.82, 2.24) is 0 Å². The van der Waals surface area contributed by atoms with E-state index >= 15 is 0 Å². The van der Waals surface area contributed by atoms with Crippen molar-refractivity contribution in [2.24, 2.45) is 0 Å².